The molecular weight excluding hydrogens is 416 g/mol. The number of amides is 1. The van der Waals surface area contributed by atoms with Gasteiger partial charge >= 0.3 is 0 Å². The number of benzene rings is 2. The van der Waals surface area contributed by atoms with Gasteiger partial charge in [0.05, 0.1) is 24.6 Å². The number of nitrogens with zero attached hydrogens (tertiary/aromatic N) is 2. The van der Waals surface area contributed by atoms with Crippen molar-refractivity contribution in [1.29, 1.82) is 5.26 Å². The third-order valence-electron chi connectivity index (χ3n) is 5.67. The molecule has 0 atom stereocenters. The normalized spacial score (nSPS) is 13.8. The molecule has 4 rings (SSSR count). The van der Waals surface area contributed by atoms with Gasteiger partial charge in [-0.05, 0) is 42.5 Å². The fraction of sp³-hybridized carbons (Fsp3) is 0.269. The molecule has 7 heteroatoms. The van der Waals surface area contributed by atoms with Crippen molar-refractivity contribution in [2.24, 2.45) is 0 Å². The molecule has 0 radical (unpaired) electrons. The Kier molecular flexibility index (Phi) is 6.86. The van der Waals surface area contributed by atoms with Crippen LogP contribution in [0.25, 0.3) is 22.0 Å². The van der Waals surface area contributed by atoms with Crippen LogP contribution in [-0.2, 0) is 4.74 Å². The van der Waals surface area contributed by atoms with E-state index in [1.807, 2.05) is 42.5 Å². The van der Waals surface area contributed by atoms with Gasteiger partial charge in [-0.25, -0.2) is 4.98 Å². The Morgan fingerprint density at radius 2 is 2.03 bits per heavy atom. The van der Waals surface area contributed by atoms with Crippen LogP contribution >= 0.6 is 0 Å². The molecular formula is C26H26N4O3. The maximum Gasteiger partial charge on any atom is 0.270 e. The monoisotopic (exact) mass is 442 g/mol. The lowest BCUT2D eigenvalue weighted by Crippen LogP contribution is -2.39. The van der Waals surface area contributed by atoms with Crippen LogP contribution in [0.4, 0.5) is 5.69 Å². The van der Waals surface area contributed by atoms with E-state index < -0.39 is 0 Å². The second-order valence-corrected chi connectivity index (χ2v) is 7.92. The van der Waals surface area contributed by atoms with Gasteiger partial charge < -0.3 is 20.1 Å². The second kappa shape index (κ2) is 10.2. The number of carbonyl (C=O) groups is 1. The van der Waals surface area contributed by atoms with Crippen molar-refractivity contribution in [2.45, 2.75) is 18.9 Å². The zero-order valence-corrected chi connectivity index (χ0v) is 18.6. The van der Waals surface area contributed by atoms with E-state index in [1.54, 1.807) is 13.2 Å². The molecule has 1 aliphatic heterocycles. The summed E-state index contributed by atoms with van der Waals surface area (Å²) in [7, 11) is 1.61. The molecule has 0 aliphatic carbocycles. The molecule has 33 heavy (non-hydrogen) atoms. The molecule has 7 nitrogen and oxygen atoms in total. The number of hydrogen-bond acceptors (Lipinski definition) is 6. The Morgan fingerprint density at radius 1 is 1.24 bits per heavy atom. The van der Waals surface area contributed by atoms with E-state index in [9.17, 15) is 4.79 Å². The maximum absolute atomic E-state index is 12.7. The number of aromatic nitrogens is 1. The summed E-state index contributed by atoms with van der Waals surface area (Å²) in [6, 6.07) is 17.5. The standard InChI is InChI=1S/C26H26N4O3/c1-17(15-27)16-28-25-21-14-19(7-6-18(21)8-9-24(25)32-2)22-4-3-5-23(30-22)26(31)29-20-10-12-33-13-11-20/h3-9,14,20,28H,1,10-13,16H2,2H3,(H,29,31). The molecule has 2 N–H and O–H groups in total. The number of hydrogen-bond donors (Lipinski definition) is 2. The highest BCUT2D eigenvalue weighted by atomic mass is 16.5. The molecule has 1 amide bonds. The minimum Gasteiger partial charge on any atom is -0.495 e. The number of methoxy groups -OCH3 is 1. The lowest BCUT2D eigenvalue weighted by molar-refractivity contribution is 0.0694. The molecule has 0 unspecified atom stereocenters. The zero-order chi connectivity index (χ0) is 23.2. The first-order valence-electron chi connectivity index (χ1n) is 10.9. The molecule has 2 heterocycles. The van der Waals surface area contributed by atoms with Crippen molar-refractivity contribution in [3.05, 3.63) is 66.4 Å². The van der Waals surface area contributed by atoms with Gasteiger partial charge in [-0.3, -0.25) is 4.79 Å². The Labute approximate surface area is 193 Å². The van der Waals surface area contributed by atoms with E-state index in [-0.39, 0.29) is 11.9 Å². The number of rotatable bonds is 7. The van der Waals surface area contributed by atoms with Gasteiger partial charge in [0, 0.05) is 42.3 Å². The van der Waals surface area contributed by atoms with E-state index in [0.29, 0.717) is 42.5 Å². The van der Waals surface area contributed by atoms with Crippen molar-refractivity contribution in [1.82, 2.24) is 10.3 Å². The topological polar surface area (TPSA) is 96.3 Å². The summed E-state index contributed by atoms with van der Waals surface area (Å²) >= 11 is 0. The third kappa shape index (κ3) is 5.13. The molecule has 3 aromatic rings. The Balaban J connectivity index is 1.65. The summed E-state index contributed by atoms with van der Waals surface area (Å²) in [6.07, 6.45) is 1.62. The van der Waals surface area contributed by atoms with Crippen LogP contribution in [-0.4, -0.2) is 43.8 Å². The van der Waals surface area contributed by atoms with Gasteiger partial charge in [0.15, 0.2) is 0 Å². The lowest BCUT2D eigenvalue weighted by atomic mass is 10.0. The van der Waals surface area contributed by atoms with E-state index in [4.69, 9.17) is 14.7 Å². The molecule has 1 aliphatic rings. The number of ether oxygens (including phenoxy) is 2. The molecule has 2 aromatic carbocycles. The molecule has 0 saturated carbocycles. The van der Waals surface area contributed by atoms with Crippen LogP contribution in [0.1, 0.15) is 23.3 Å². The number of pyridine rings is 1. The van der Waals surface area contributed by atoms with Gasteiger partial charge in [0.2, 0.25) is 0 Å². The minimum atomic E-state index is -0.177. The number of nitrogens with one attached hydrogen (secondary N) is 2. The summed E-state index contributed by atoms with van der Waals surface area (Å²) in [5, 5.41) is 17.3. The van der Waals surface area contributed by atoms with Gasteiger partial charge in [-0.2, -0.15) is 5.26 Å². The van der Waals surface area contributed by atoms with Crippen LogP contribution in [0.2, 0.25) is 0 Å². The Bertz CT molecular complexity index is 1230. The summed E-state index contributed by atoms with van der Waals surface area (Å²) in [4.78, 5) is 17.4. The quantitative estimate of drug-likeness (QED) is 0.530. The van der Waals surface area contributed by atoms with E-state index in [1.165, 1.54) is 0 Å². The predicted octanol–water partition coefficient (Wildman–Crippen LogP) is 4.31. The summed E-state index contributed by atoms with van der Waals surface area (Å²) in [5.74, 6) is 0.492. The minimum absolute atomic E-state index is 0.113. The van der Waals surface area contributed by atoms with E-state index in [2.05, 4.69) is 28.3 Å². The lowest BCUT2D eigenvalue weighted by Gasteiger charge is -2.22. The highest BCUT2D eigenvalue weighted by Crippen LogP contribution is 2.35. The number of nitriles is 1. The van der Waals surface area contributed by atoms with Gasteiger partial charge in [0.1, 0.15) is 11.4 Å². The molecule has 0 bridgehead atoms. The summed E-state index contributed by atoms with van der Waals surface area (Å²) in [5.41, 5.74) is 3.16. The smallest absolute Gasteiger partial charge is 0.270 e. The number of anilines is 1. The van der Waals surface area contributed by atoms with Crippen molar-refractivity contribution in [3.8, 4) is 23.1 Å². The average Bonchev–Trinajstić information content (AvgIpc) is 2.87. The summed E-state index contributed by atoms with van der Waals surface area (Å²) in [6.45, 7) is 5.38. The average molecular weight is 443 g/mol. The van der Waals surface area contributed by atoms with Gasteiger partial charge in [-0.15, -0.1) is 0 Å². The molecule has 168 valence electrons. The fourth-order valence-electron chi connectivity index (χ4n) is 3.87. The zero-order valence-electron chi connectivity index (χ0n) is 18.6. The second-order valence-electron chi connectivity index (χ2n) is 7.92. The number of fused-ring (bicyclic) bond motifs is 1. The molecule has 1 fully saturated rings. The van der Waals surface area contributed by atoms with Gasteiger partial charge in [0.25, 0.3) is 5.91 Å². The van der Waals surface area contributed by atoms with E-state index in [0.717, 1.165) is 34.9 Å². The number of carbonyl (C=O) groups excluding carboxylic acids is 1. The first-order valence-corrected chi connectivity index (χ1v) is 10.9. The molecule has 1 aromatic heterocycles. The Hall–Kier alpha value is -3.89. The fourth-order valence-corrected chi connectivity index (χ4v) is 3.87. The van der Waals surface area contributed by atoms with Crippen LogP contribution in [0.15, 0.2) is 60.7 Å². The highest BCUT2D eigenvalue weighted by Gasteiger charge is 2.18. The van der Waals surface area contributed by atoms with Crippen LogP contribution in [0.5, 0.6) is 5.75 Å². The van der Waals surface area contributed by atoms with Crippen molar-refractivity contribution >= 4 is 22.4 Å². The molecule has 0 spiro atoms. The van der Waals surface area contributed by atoms with Gasteiger partial charge in [-0.1, -0.05) is 30.8 Å². The largest absolute Gasteiger partial charge is 0.495 e. The van der Waals surface area contributed by atoms with Crippen molar-refractivity contribution in [3.63, 3.8) is 0 Å². The summed E-state index contributed by atoms with van der Waals surface area (Å²) < 4.78 is 10.9. The van der Waals surface area contributed by atoms with Crippen LogP contribution < -0.4 is 15.4 Å². The first-order chi connectivity index (χ1) is 16.1. The first kappa shape index (κ1) is 22.3. The van der Waals surface area contributed by atoms with E-state index >= 15 is 0 Å². The van der Waals surface area contributed by atoms with Crippen molar-refractivity contribution in [2.75, 3.05) is 32.2 Å². The highest BCUT2D eigenvalue weighted by molar-refractivity contribution is 5.99. The SMILES string of the molecule is C=C(C#N)CNc1c(OC)ccc2ccc(-c3cccc(C(=O)NC4CCOCC4)n3)cc12. The van der Waals surface area contributed by atoms with Crippen LogP contribution in [0.3, 0.4) is 0 Å². The van der Waals surface area contributed by atoms with Crippen LogP contribution in [0, 0.1) is 11.3 Å². The maximum atomic E-state index is 12.7. The molecule has 1 saturated heterocycles. The Morgan fingerprint density at radius 3 is 2.79 bits per heavy atom. The van der Waals surface area contributed by atoms with Crippen molar-refractivity contribution < 1.29 is 14.3 Å². The third-order valence-corrected chi connectivity index (χ3v) is 5.67. The predicted molar refractivity (Wildman–Crippen MR) is 128 cm³/mol.